The van der Waals surface area contributed by atoms with Crippen LogP contribution in [0.4, 0.5) is 0 Å². The average Bonchev–Trinajstić information content (AvgIpc) is 2.82. The van der Waals surface area contributed by atoms with Crippen molar-refractivity contribution in [2.45, 2.75) is 0 Å². The van der Waals surface area contributed by atoms with E-state index in [0.29, 0.717) is 5.52 Å². The van der Waals surface area contributed by atoms with E-state index in [-0.39, 0.29) is 16.7 Å². The van der Waals surface area contributed by atoms with E-state index < -0.39 is 22.2 Å². The van der Waals surface area contributed by atoms with Crippen molar-refractivity contribution in [1.29, 1.82) is 0 Å². The summed E-state index contributed by atoms with van der Waals surface area (Å²) >= 11 is 10.1. The highest BCUT2D eigenvalue weighted by Gasteiger charge is 2.22. The summed E-state index contributed by atoms with van der Waals surface area (Å²) in [5, 5.41) is -2.32. The zero-order valence-electron chi connectivity index (χ0n) is 9.61. The first kappa shape index (κ1) is 14.2. The molecular formula is C12H5Cl2NO5. The van der Waals surface area contributed by atoms with Gasteiger partial charge in [-0.15, -0.1) is 0 Å². The van der Waals surface area contributed by atoms with Crippen molar-refractivity contribution in [2.24, 2.45) is 0 Å². The molecule has 1 N–H and O–H groups in total. The molecule has 0 unspecified atom stereocenters. The number of aromatic nitrogens is 1. The highest BCUT2D eigenvalue weighted by atomic mass is 35.5. The van der Waals surface area contributed by atoms with E-state index in [1.54, 1.807) is 6.07 Å². The molecule has 0 aliphatic carbocycles. The summed E-state index contributed by atoms with van der Waals surface area (Å²) in [6.45, 7) is 0. The Balaban J connectivity index is 2.58. The number of carbonyl (C=O) groups excluding carboxylic acids is 4. The van der Waals surface area contributed by atoms with Crippen LogP contribution in [-0.4, -0.2) is 27.2 Å². The molecular weight excluding hydrogens is 309 g/mol. The van der Waals surface area contributed by atoms with Gasteiger partial charge in [0.05, 0.1) is 10.9 Å². The van der Waals surface area contributed by atoms with Crippen LogP contribution >= 0.6 is 23.2 Å². The lowest BCUT2D eigenvalue weighted by molar-refractivity contribution is -0.143. The second kappa shape index (κ2) is 5.44. The number of aromatic amines is 1. The number of ketones is 1. The minimum absolute atomic E-state index is 0.0644. The number of fused-ring (bicyclic) bond motifs is 1. The van der Waals surface area contributed by atoms with Crippen molar-refractivity contribution in [2.75, 3.05) is 0 Å². The van der Waals surface area contributed by atoms with Crippen molar-refractivity contribution in [3.8, 4) is 5.75 Å². The maximum Gasteiger partial charge on any atom is 0.396 e. The maximum atomic E-state index is 11.7. The molecule has 2 rings (SSSR count). The van der Waals surface area contributed by atoms with Gasteiger partial charge in [-0.3, -0.25) is 14.4 Å². The second-order valence-corrected chi connectivity index (χ2v) is 4.33. The first-order valence-electron chi connectivity index (χ1n) is 5.17. The van der Waals surface area contributed by atoms with Crippen LogP contribution in [0, 0.1) is 0 Å². The molecule has 0 bridgehead atoms. The summed E-state index contributed by atoms with van der Waals surface area (Å²) in [5.41, 5.74) is 0.365. The molecule has 20 heavy (non-hydrogen) atoms. The molecule has 0 aliphatic rings. The molecule has 0 aliphatic heterocycles. The van der Waals surface area contributed by atoms with Gasteiger partial charge in [0.1, 0.15) is 5.75 Å². The van der Waals surface area contributed by atoms with E-state index in [0.717, 1.165) is 0 Å². The van der Waals surface area contributed by atoms with Crippen LogP contribution in [-0.2, 0) is 14.4 Å². The van der Waals surface area contributed by atoms with Gasteiger partial charge in [-0.2, -0.15) is 0 Å². The van der Waals surface area contributed by atoms with E-state index in [1.165, 1.54) is 18.3 Å². The van der Waals surface area contributed by atoms with Gasteiger partial charge in [0, 0.05) is 11.7 Å². The first-order chi connectivity index (χ1) is 9.41. The largest absolute Gasteiger partial charge is 0.419 e. The third kappa shape index (κ3) is 2.56. The molecule has 0 saturated heterocycles. The van der Waals surface area contributed by atoms with E-state index in [1.807, 2.05) is 0 Å². The Bertz CT molecular complexity index is 749. The fourth-order valence-electron chi connectivity index (χ4n) is 1.66. The molecule has 0 atom stereocenters. The molecule has 2 aromatic rings. The smallest absolute Gasteiger partial charge is 0.396 e. The Labute approximate surface area is 121 Å². The highest BCUT2D eigenvalue weighted by Crippen LogP contribution is 2.29. The van der Waals surface area contributed by atoms with Gasteiger partial charge in [0.2, 0.25) is 5.78 Å². The number of rotatable bonds is 4. The average molecular weight is 314 g/mol. The van der Waals surface area contributed by atoms with Gasteiger partial charge in [-0.05, 0) is 35.3 Å². The predicted molar refractivity (Wildman–Crippen MR) is 70.0 cm³/mol. The van der Waals surface area contributed by atoms with Crippen LogP contribution in [0.5, 0.6) is 5.75 Å². The number of H-pyrrole nitrogens is 1. The van der Waals surface area contributed by atoms with Crippen LogP contribution < -0.4 is 4.74 Å². The van der Waals surface area contributed by atoms with Gasteiger partial charge >= 0.3 is 11.2 Å². The Morgan fingerprint density at radius 3 is 2.35 bits per heavy atom. The molecule has 0 fully saturated rings. The van der Waals surface area contributed by atoms with Crippen molar-refractivity contribution in [1.82, 2.24) is 4.98 Å². The van der Waals surface area contributed by atoms with E-state index >= 15 is 0 Å². The van der Waals surface area contributed by atoms with Gasteiger partial charge in [-0.25, -0.2) is 4.79 Å². The van der Waals surface area contributed by atoms with Gasteiger partial charge in [-0.1, -0.05) is 6.07 Å². The third-order valence-electron chi connectivity index (χ3n) is 2.45. The summed E-state index contributed by atoms with van der Waals surface area (Å²) in [7, 11) is 0. The SMILES string of the molecule is O=C(Cl)C(=O)Oc1cccc2[nH]cc(C(=O)C(=O)Cl)c12. The molecule has 0 spiro atoms. The lowest BCUT2D eigenvalue weighted by Gasteiger charge is -2.04. The predicted octanol–water partition coefficient (Wildman–Crippen LogP) is 1.79. The number of carbonyl (C=O) groups is 4. The number of halogens is 2. The summed E-state index contributed by atoms with van der Waals surface area (Å²) in [4.78, 5) is 47.2. The van der Waals surface area contributed by atoms with E-state index in [4.69, 9.17) is 27.9 Å². The summed E-state index contributed by atoms with van der Waals surface area (Å²) in [5.74, 6) is -2.33. The molecule has 0 saturated carbocycles. The normalized spacial score (nSPS) is 10.3. The zero-order valence-corrected chi connectivity index (χ0v) is 11.1. The molecule has 8 heteroatoms. The van der Waals surface area contributed by atoms with Crippen molar-refractivity contribution in [3.05, 3.63) is 30.0 Å². The number of nitrogens with one attached hydrogen (secondary N) is 1. The number of esters is 1. The molecule has 1 aromatic carbocycles. The quantitative estimate of drug-likeness (QED) is 0.305. The Hall–Kier alpha value is -2.18. The van der Waals surface area contributed by atoms with Gasteiger partial charge in [0.15, 0.2) is 0 Å². The van der Waals surface area contributed by atoms with Gasteiger partial charge < -0.3 is 9.72 Å². The monoisotopic (exact) mass is 313 g/mol. The number of hydrogen-bond donors (Lipinski definition) is 1. The second-order valence-electron chi connectivity index (χ2n) is 3.65. The number of ether oxygens (including phenoxy) is 1. The summed E-state index contributed by atoms with van der Waals surface area (Å²) < 4.78 is 4.77. The Morgan fingerprint density at radius 1 is 1.05 bits per heavy atom. The van der Waals surface area contributed by atoms with Crippen molar-refractivity contribution < 1.29 is 23.9 Å². The lowest BCUT2D eigenvalue weighted by Crippen LogP contribution is -2.15. The lowest BCUT2D eigenvalue weighted by atomic mass is 10.1. The molecule has 1 heterocycles. The van der Waals surface area contributed by atoms with Crippen molar-refractivity contribution in [3.63, 3.8) is 0 Å². The molecule has 0 radical (unpaired) electrons. The van der Waals surface area contributed by atoms with E-state index in [2.05, 4.69) is 4.98 Å². The van der Waals surface area contributed by atoms with E-state index in [9.17, 15) is 19.2 Å². The molecule has 0 amide bonds. The molecule has 102 valence electrons. The van der Waals surface area contributed by atoms with Crippen molar-refractivity contribution >= 4 is 56.3 Å². The van der Waals surface area contributed by atoms with Crippen LogP contribution in [0.15, 0.2) is 24.4 Å². The summed E-state index contributed by atoms with van der Waals surface area (Å²) in [6.07, 6.45) is 1.26. The fourth-order valence-corrected chi connectivity index (χ4v) is 1.80. The van der Waals surface area contributed by atoms with Crippen LogP contribution in [0.2, 0.25) is 0 Å². The molecule has 6 nitrogen and oxygen atoms in total. The topological polar surface area (TPSA) is 93.3 Å². The van der Waals surface area contributed by atoms with Crippen LogP contribution in [0.1, 0.15) is 10.4 Å². The number of Topliss-reactive ketones (excluding diaryl/α,β-unsaturated/α-hetero) is 1. The first-order valence-corrected chi connectivity index (χ1v) is 5.93. The zero-order chi connectivity index (χ0) is 14.9. The fraction of sp³-hybridized carbons (Fsp3) is 0. The minimum atomic E-state index is -1.31. The Kier molecular flexibility index (Phi) is 3.87. The number of hydrogen-bond acceptors (Lipinski definition) is 5. The maximum absolute atomic E-state index is 11.7. The highest BCUT2D eigenvalue weighted by molar-refractivity contribution is 6.83. The van der Waals surface area contributed by atoms with Crippen LogP contribution in [0.25, 0.3) is 10.9 Å². The Morgan fingerprint density at radius 2 is 1.75 bits per heavy atom. The summed E-state index contributed by atoms with van der Waals surface area (Å²) in [6, 6.07) is 4.46. The molecule has 1 aromatic heterocycles. The third-order valence-corrected chi connectivity index (χ3v) is 2.78. The number of benzene rings is 1. The minimum Gasteiger partial charge on any atom is -0.419 e. The standard InChI is InChI=1S/C12H5Cl2NO5/c13-10(17)9(16)5-4-15-6-2-1-3-7(8(5)6)20-12(19)11(14)18/h1-4,15H. The van der Waals surface area contributed by atoms with Gasteiger partial charge in [0.25, 0.3) is 5.24 Å². The van der Waals surface area contributed by atoms with Crippen LogP contribution in [0.3, 0.4) is 0 Å².